The minimum Gasteiger partial charge on any atom is -0.365 e. The van der Waals surface area contributed by atoms with Gasteiger partial charge in [-0.3, -0.25) is 4.40 Å². The van der Waals surface area contributed by atoms with Gasteiger partial charge >= 0.3 is 0 Å². The minimum atomic E-state index is -3.74. The quantitative estimate of drug-likeness (QED) is 0.581. The number of anilines is 1. The first-order chi connectivity index (χ1) is 15.7. The van der Waals surface area contributed by atoms with E-state index in [9.17, 15) is 8.42 Å². The topological polar surface area (TPSA) is 128 Å². The van der Waals surface area contributed by atoms with Crippen LogP contribution < -0.4 is 14.9 Å². The van der Waals surface area contributed by atoms with E-state index in [1.807, 2.05) is 13.0 Å². The SMILES string of the molecule is C[C@H]1CN(c2cc(S(=O)(=O)NC3(C)CC3)cn3c(-c4ccc(C#N)nn4)cnc23)C[C@H](C)N1. The molecule has 33 heavy (non-hydrogen) atoms. The summed E-state index contributed by atoms with van der Waals surface area (Å²) >= 11 is 0. The summed E-state index contributed by atoms with van der Waals surface area (Å²) in [7, 11) is -3.74. The van der Waals surface area contributed by atoms with E-state index in [2.05, 4.69) is 44.0 Å². The van der Waals surface area contributed by atoms with E-state index < -0.39 is 10.0 Å². The number of nitriles is 1. The molecule has 1 saturated heterocycles. The second-order valence-corrected chi connectivity index (χ2v) is 11.0. The molecule has 3 aromatic heterocycles. The highest BCUT2D eigenvalue weighted by molar-refractivity contribution is 7.89. The van der Waals surface area contributed by atoms with Gasteiger partial charge in [-0.2, -0.15) is 5.26 Å². The summed E-state index contributed by atoms with van der Waals surface area (Å²) in [5.74, 6) is 0. The zero-order valence-corrected chi connectivity index (χ0v) is 19.6. The van der Waals surface area contributed by atoms with Crippen LogP contribution in [0.3, 0.4) is 0 Å². The van der Waals surface area contributed by atoms with Crippen LogP contribution in [0.2, 0.25) is 0 Å². The van der Waals surface area contributed by atoms with E-state index in [1.54, 1.807) is 35.0 Å². The van der Waals surface area contributed by atoms with Crippen molar-refractivity contribution in [1.82, 2.24) is 29.6 Å². The van der Waals surface area contributed by atoms with Crippen LogP contribution in [-0.2, 0) is 10.0 Å². The Kier molecular flexibility index (Phi) is 5.12. The van der Waals surface area contributed by atoms with Crippen LogP contribution in [-0.4, -0.2) is 58.7 Å². The van der Waals surface area contributed by atoms with Crippen molar-refractivity contribution in [3.63, 3.8) is 0 Å². The number of aromatic nitrogens is 4. The Morgan fingerprint density at radius 2 is 1.94 bits per heavy atom. The number of fused-ring (bicyclic) bond motifs is 1. The molecule has 0 spiro atoms. The van der Waals surface area contributed by atoms with Crippen molar-refractivity contribution in [2.75, 3.05) is 18.0 Å². The molecular formula is C22H26N8O2S. The van der Waals surface area contributed by atoms with E-state index in [1.165, 1.54) is 0 Å². The van der Waals surface area contributed by atoms with Gasteiger partial charge in [-0.1, -0.05) is 0 Å². The summed E-state index contributed by atoms with van der Waals surface area (Å²) < 4.78 is 31.2. The van der Waals surface area contributed by atoms with Crippen molar-refractivity contribution in [1.29, 1.82) is 5.26 Å². The number of pyridine rings is 1. The van der Waals surface area contributed by atoms with E-state index in [0.29, 0.717) is 17.0 Å². The zero-order chi connectivity index (χ0) is 23.4. The molecule has 0 unspecified atom stereocenters. The molecule has 2 fully saturated rings. The predicted octanol–water partition coefficient (Wildman–Crippen LogP) is 1.68. The maximum absolute atomic E-state index is 13.3. The molecule has 0 aromatic carbocycles. The lowest BCUT2D eigenvalue weighted by atomic mass is 10.1. The van der Waals surface area contributed by atoms with Crippen LogP contribution >= 0.6 is 0 Å². The smallest absolute Gasteiger partial charge is 0.242 e. The molecule has 2 atom stereocenters. The zero-order valence-electron chi connectivity index (χ0n) is 18.8. The van der Waals surface area contributed by atoms with Gasteiger partial charge in [-0.05, 0) is 51.8 Å². The maximum atomic E-state index is 13.3. The lowest BCUT2D eigenvalue weighted by Crippen LogP contribution is -2.54. The maximum Gasteiger partial charge on any atom is 0.242 e. The van der Waals surface area contributed by atoms with Crippen molar-refractivity contribution in [2.45, 2.75) is 56.1 Å². The first kappa shape index (κ1) is 21.8. The second kappa shape index (κ2) is 7.76. The fourth-order valence-electron chi connectivity index (χ4n) is 4.34. The van der Waals surface area contributed by atoms with Gasteiger partial charge in [0, 0.05) is 36.9 Å². The number of piperazine rings is 1. The lowest BCUT2D eigenvalue weighted by Gasteiger charge is -2.37. The van der Waals surface area contributed by atoms with Crippen LogP contribution in [0.25, 0.3) is 17.0 Å². The average molecular weight is 467 g/mol. The number of rotatable bonds is 5. The van der Waals surface area contributed by atoms with Crippen LogP contribution in [0.5, 0.6) is 0 Å². The normalized spacial score (nSPS) is 22.3. The molecule has 4 heterocycles. The standard InChI is InChI=1S/C22H26N8O2S/c1-14-11-29(12-15(2)25-14)19-8-17(33(31,32)28-22(3)6-7-22)13-30-20(10-24-21(19)30)18-5-4-16(9-23)26-27-18/h4-5,8,10,13-15,25,28H,6-7,11-12H2,1-3H3/t14-,15-/m0/s1. The van der Waals surface area contributed by atoms with Gasteiger partial charge in [0.15, 0.2) is 11.3 Å². The first-order valence-electron chi connectivity index (χ1n) is 11.0. The molecule has 1 aliphatic heterocycles. The fourth-order valence-corrected chi connectivity index (χ4v) is 5.82. The van der Waals surface area contributed by atoms with Gasteiger partial charge in [0.25, 0.3) is 0 Å². The molecule has 0 radical (unpaired) electrons. The molecule has 1 aliphatic carbocycles. The number of hydrogen-bond acceptors (Lipinski definition) is 8. The summed E-state index contributed by atoms with van der Waals surface area (Å²) in [6.45, 7) is 7.60. The number of sulfonamides is 1. The van der Waals surface area contributed by atoms with Gasteiger partial charge in [-0.25, -0.2) is 18.1 Å². The lowest BCUT2D eigenvalue weighted by molar-refractivity contribution is 0.407. The Bertz CT molecular complexity index is 1350. The molecule has 1 saturated carbocycles. The van der Waals surface area contributed by atoms with Gasteiger partial charge in [0.2, 0.25) is 10.0 Å². The fraction of sp³-hybridized carbons (Fsp3) is 0.455. The first-order valence-corrected chi connectivity index (χ1v) is 12.5. The summed E-state index contributed by atoms with van der Waals surface area (Å²) in [6.07, 6.45) is 4.90. The monoisotopic (exact) mass is 466 g/mol. The number of hydrogen-bond donors (Lipinski definition) is 2. The highest BCUT2D eigenvalue weighted by atomic mass is 32.2. The largest absolute Gasteiger partial charge is 0.365 e. The van der Waals surface area contributed by atoms with Crippen molar-refractivity contribution in [3.05, 3.63) is 36.3 Å². The van der Waals surface area contributed by atoms with Crippen LogP contribution in [0.4, 0.5) is 5.69 Å². The van der Waals surface area contributed by atoms with Gasteiger partial charge < -0.3 is 10.2 Å². The molecule has 11 heteroatoms. The molecule has 2 aliphatic rings. The number of nitrogens with one attached hydrogen (secondary N) is 2. The van der Waals surface area contributed by atoms with Gasteiger partial charge in [-0.15, -0.1) is 10.2 Å². The van der Waals surface area contributed by atoms with Crippen molar-refractivity contribution < 1.29 is 8.42 Å². The molecule has 172 valence electrons. The summed E-state index contributed by atoms with van der Waals surface area (Å²) in [5, 5.41) is 20.6. The molecule has 0 bridgehead atoms. The van der Waals surface area contributed by atoms with Crippen LogP contribution in [0, 0.1) is 11.3 Å². The van der Waals surface area contributed by atoms with Gasteiger partial charge in [0.05, 0.1) is 17.6 Å². The summed E-state index contributed by atoms with van der Waals surface area (Å²) in [5.41, 5.74) is 2.34. The molecule has 5 rings (SSSR count). The van der Waals surface area contributed by atoms with Crippen LogP contribution in [0.15, 0.2) is 35.5 Å². The Labute approximate surface area is 192 Å². The third-order valence-corrected chi connectivity index (χ3v) is 7.80. The predicted molar refractivity (Wildman–Crippen MR) is 123 cm³/mol. The molecular weight excluding hydrogens is 440 g/mol. The third kappa shape index (κ3) is 4.17. The summed E-state index contributed by atoms with van der Waals surface area (Å²) in [4.78, 5) is 6.99. The Hall–Kier alpha value is -3.07. The number of nitrogens with zero attached hydrogens (tertiary/aromatic N) is 6. The second-order valence-electron chi connectivity index (χ2n) is 9.35. The molecule has 0 amide bonds. The highest BCUT2D eigenvalue weighted by Crippen LogP contribution is 2.37. The third-order valence-electron chi connectivity index (χ3n) is 6.19. The Morgan fingerprint density at radius 3 is 2.55 bits per heavy atom. The average Bonchev–Trinajstić information content (AvgIpc) is 3.32. The summed E-state index contributed by atoms with van der Waals surface area (Å²) in [6, 6.07) is 7.44. The Morgan fingerprint density at radius 1 is 1.21 bits per heavy atom. The van der Waals surface area contributed by atoms with Crippen LogP contribution in [0.1, 0.15) is 39.3 Å². The number of imidazole rings is 1. The van der Waals surface area contributed by atoms with E-state index in [-0.39, 0.29) is 28.2 Å². The minimum absolute atomic E-state index is 0.179. The molecule has 3 aromatic rings. The van der Waals surface area contributed by atoms with Crippen molar-refractivity contribution in [3.8, 4) is 17.5 Å². The molecule has 2 N–H and O–H groups in total. The van der Waals surface area contributed by atoms with E-state index in [0.717, 1.165) is 31.6 Å². The highest BCUT2D eigenvalue weighted by Gasteiger charge is 2.41. The Balaban J connectivity index is 1.67. The van der Waals surface area contributed by atoms with Gasteiger partial charge in [0.1, 0.15) is 16.7 Å². The van der Waals surface area contributed by atoms with E-state index in [4.69, 9.17) is 5.26 Å². The van der Waals surface area contributed by atoms with Crippen molar-refractivity contribution >= 4 is 21.4 Å². The molecule has 10 nitrogen and oxygen atoms in total. The van der Waals surface area contributed by atoms with E-state index >= 15 is 0 Å². The van der Waals surface area contributed by atoms with Crippen molar-refractivity contribution in [2.24, 2.45) is 0 Å².